The summed E-state index contributed by atoms with van der Waals surface area (Å²) in [5.74, 6) is 4.14. The number of methoxy groups -OCH3 is 2. The van der Waals surface area contributed by atoms with Gasteiger partial charge in [0.1, 0.15) is 46.2 Å². The average molecular weight is 1100 g/mol. The minimum atomic E-state index is -0.425. The molecule has 12 rings (SSSR count). The van der Waals surface area contributed by atoms with Crippen LogP contribution >= 0.6 is 22.7 Å². The molecule has 404 valence electrons. The number of H-pyrrole nitrogens is 2. The number of amides is 2. The fourth-order valence-electron chi connectivity index (χ4n) is 9.93. The number of anilines is 6. The molecular formula is C57H58N14O6S2. The van der Waals surface area contributed by atoms with E-state index in [0.29, 0.717) is 84.7 Å². The van der Waals surface area contributed by atoms with Gasteiger partial charge < -0.3 is 50.3 Å². The Balaban J connectivity index is 0.000000168. The first-order valence-electron chi connectivity index (χ1n) is 25.9. The molecule has 1 atom stereocenters. The van der Waals surface area contributed by atoms with E-state index in [-0.39, 0.29) is 24.5 Å². The van der Waals surface area contributed by atoms with Gasteiger partial charge in [-0.1, -0.05) is 66.7 Å². The van der Waals surface area contributed by atoms with Crippen LogP contribution in [0.5, 0.6) is 11.5 Å². The Labute approximate surface area is 463 Å². The maximum atomic E-state index is 12.9. The molecule has 1 saturated heterocycles. The standard InChI is InChI=1S/C30H29N7O3S.C27H29N7O3S/c1-40-24-11-6-5-10-20(24)28-21-17-37(14-13-22(21)35-36-28)27-16-26(32-29(39)25-12-7-15-41-25)33-30(34-27)31-23(18-38)19-8-3-2-4-9-19;1-37-21-6-3-2-5-18(21)25-19-16-34(13-10-20(19)31-32-25)24-15-23(28-26(36)22-7-4-14-38-22)29-27(30-24)33-11-8-17(35)9-12-33/h2-12,15-16,23,38H,13-14,17-18H2,1H3,(H,35,36)(H2,31,32,33,34,39);2-7,14-15,17,35H,8-13,16H2,1H3,(H,31,32)(H,28,29,30,36)/t23-;/m1./s1. The topological polar surface area (TPSA) is 248 Å². The Hall–Kier alpha value is -8.70. The molecule has 3 aliphatic rings. The molecule has 0 saturated carbocycles. The van der Waals surface area contributed by atoms with Crippen LogP contribution in [0.3, 0.4) is 0 Å². The van der Waals surface area contributed by atoms with Crippen molar-refractivity contribution in [3.8, 4) is 34.0 Å². The number of aliphatic hydroxyl groups excluding tert-OH is 2. The van der Waals surface area contributed by atoms with Crippen LogP contribution in [0.2, 0.25) is 0 Å². The smallest absolute Gasteiger partial charge is 0.266 e. The zero-order valence-electron chi connectivity index (χ0n) is 43.4. The molecule has 9 aromatic rings. The number of aliphatic hydroxyl groups is 2. The number of fused-ring (bicyclic) bond motifs is 2. The molecule has 22 heteroatoms. The molecule has 20 nitrogen and oxygen atoms in total. The third-order valence-electron chi connectivity index (χ3n) is 14.1. The van der Waals surface area contributed by atoms with Gasteiger partial charge in [0, 0.05) is 97.9 Å². The fourth-order valence-corrected chi connectivity index (χ4v) is 11.2. The average Bonchev–Trinajstić information content (AvgIpc) is 4.46. The highest BCUT2D eigenvalue weighted by Gasteiger charge is 2.29. The quantitative estimate of drug-likeness (QED) is 0.0508. The molecule has 3 aromatic carbocycles. The zero-order valence-corrected chi connectivity index (χ0v) is 45.1. The second kappa shape index (κ2) is 23.9. The van der Waals surface area contributed by atoms with Crippen LogP contribution in [0.4, 0.5) is 35.2 Å². The maximum Gasteiger partial charge on any atom is 0.266 e. The number of nitrogens with one attached hydrogen (secondary N) is 5. The summed E-state index contributed by atoms with van der Waals surface area (Å²) >= 11 is 2.74. The summed E-state index contributed by atoms with van der Waals surface area (Å²) in [5, 5.41) is 48.7. The van der Waals surface area contributed by atoms with E-state index in [1.807, 2.05) is 108 Å². The van der Waals surface area contributed by atoms with Crippen molar-refractivity contribution in [2.45, 2.75) is 50.9 Å². The van der Waals surface area contributed by atoms with Crippen LogP contribution in [0, 0.1) is 0 Å². The lowest BCUT2D eigenvalue weighted by atomic mass is 10.0. The van der Waals surface area contributed by atoms with Crippen molar-refractivity contribution >= 4 is 69.7 Å². The van der Waals surface area contributed by atoms with Crippen molar-refractivity contribution in [2.24, 2.45) is 0 Å². The maximum absolute atomic E-state index is 12.9. The van der Waals surface area contributed by atoms with Gasteiger partial charge in [-0.05, 0) is 65.6 Å². The van der Waals surface area contributed by atoms with E-state index in [2.05, 4.69) is 56.0 Å². The number of carbonyl (C=O) groups excluding carboxylic acids is 2. The van der Waals surface area contributed by atoms with E-state index >= 15 is 0 Å². The SMILES string of the molecule is COc1ccccc1-c1n[nH]c2c1CN(c1cc(NC(=O)c3cccs3)nc(N3CCC(O)CC3)n1)CC2.COc1ccccc1-c1n[nH]c2c1CN(c1cc(NC(=O)c3cccs3)nc(N[C@H](CO)c3ccccc3)n1)CC2. The van der Waals surface area contributed by atoms with Gasteiger partial charge in [-0.3, -0.25) is 19.8 Å². The highest BCUT2D eigenvalue weighted by atomic mass is 32.1. The summed E-state index contributed by atoms with van der Waals surface area (Å²) in [4.78, 5) is 52.4. The molecule has 2 amide bonds. The van der Waals surface area contributed by atoms with Gasteiger partial charge in [0.2, 0.25) is 11.9 Å². The molecule has 0 aliphatic carbocycles. The lowest BCUT2D eigenvalue weighted by molar-refractivity contribution is 0.102. The molecular weight excluding hydrogens is 1040 g/mol. The molecule has 0 bridgehead atoms. The number of nitrogens with zero attached hydrogens (tertiary/aromatic N) is 9. The number of piperidine rings is 1. The van der Waals surface area contributed by atoms with E-state index in [0.717, 1.165) is 87.3 Å². The third kappa shape index (κ3) is 11.8. The Bertz CT molecular complexity index is 3530. The third-order valence-corrected chi connectivity index (χ3v) is 15.8. The predicted octanol–water partition coefficient (Wildman–Crippen LogP) is 8.61. The van der Waals surface area contributed by atoms with Crippen LogP contribution in [-0.4, -0.2) is 115 Å². The number of aromatic nitrogens is 8. The number of thiophene rings is 2. The van der Waals surface area contributed by atoms with Crippen molar-refractivity contribution in [3.05, 3.63) is 164 Å². The van der Waals surface area contributed by atoms with Gasteiger partial charge in [0.25, 0.3) is 11.8 Å². The molecule has 6 aromatic heterocycles. The molecule has 0 radical (unpaired) electrons. The van der Waals surface area contributed by atoms with Crippen LogP contribution in [-0.2, 0) is 25.9 Å². The monoisotopic (exact) mass is 1100 g/mol. The van der Waals surface area contributed by atoms with Crippen LogP contribution in [0.1, 0.15) is 66.3 Å². The van der Waals surface area contributed by atoms with Crippen LogP contribution < -0.4 is 40.1 Å². The molecule has 0 unspecified atom stereocenters. The van der Waals surface area contributed by atoms with Crippen molar-refractivity contribution in [2.75, 3.05) is 77.7 Å². The first-order chi connectivity index (χ1) is 38.7. The summed E-state index contributed by atoms with van der Waals surface area (Å²) in [6.45, 7) is 3.76. The van der Waals surface area contributed by atoms with Crippen LogP contribution in [0.15, 0.2) is 126 Å². The Kier molecular flexibility index (Phi) is 15.8. The summed E-state index contributed by atoms with van der Waals surface area (Å²) in [5.41, 5.74) is 8.80. The summed E-state index contributed by atoms with van der Waals surface area (Å²) in [7, 11) is 3.32. The van der Waals surface area contributed by atoms with Crippen molar-refractivity contribution < 1.29 is 29.3 Å². The summed E-state index contributed by atoms with van der Waals surface area (Å²) < 4.78 is 11.2. The molecule has 9 heterocycles. The van der Waals surface area contributed by atoms with E-state index in [4.69, 9.17) is 24.4 Å². The highest BCUT2D eigenvalue weighted by molar-refractivity contribution is 7.12. The lowest BCUT2D eigenvalue weighted by Crippen LogP contribution is -2.37. The van der Waals surface area contributed by atoms with Crippen molar-refractivity contribution in [1.29, 1.82) is 0 Å². The first kappa shape index (κ1) is 52.4. The lowest BCUT2D eigenvalue weighted by Gasteiger charge is -2.32. The predicted molar refractivity (Wildman–Crippen MR) is 307 cm³/mol. The Morgan fingerprint density at radius 2 is 1.16 bits per heavy atom. The number of rotatable bonds is 15. The fraction of sp³-hybridized carbons (Fsp3) is 0.263. The zero-order chi connectivity index (χ0) is 54.2. The number of carbonyl (C=O) groups is 2. The van der Waals surface area contributed by atoms with Crippen molar-refractivity contribution in [3.63, 3.8) is 0 Å². The minimum absolute atomic E-state index is 0.154. The van der Waals surface area contributed by atoms with E-state index in [1.54, 1.807) is 32.4 Å². The number of benzene rings is 3. The second-order valence-electron chi connectivity index (χ2n) is 19.0. The van der Waals surface area contributed by atoms with E-state index in [9.17, 15) is 19.8 Å². The number of para-hydroxylation sites is 2. The van der Waals surface area contributed by atoms with Gasteiger partial charge in [0.05, 0.1) is 42.7 Å². The molecule has 79 heavy (non-hydrogen) atoms. The summed E-state index contributed by atoms with van der Waals surface area (Å²) in [6, 6.07) is 35.8. The van der Waals surface area contributed by atoms with Gasteiger partial charge in [0.15, 0.2) is 0 Å². The minimum Gasteiger partial charge on any atom is -0.496 e. The Morgan fingerprint density at radius 1 is 0.646 bits per heavy atom. The molecule has 3 aliphatic heterocycles. The van der Waals surface area contributed by atoms with E-state index in [1.165, 1.54) is 22.7 Å². The van der Waals surface area contributed by atoms with Crippen LogP contribution in [0.25, 0.3) is 22.5 Å². The number of aromatic amines is 2. The first-order valence-corrected chi connectivity index (χ1v) is 27.7. The second-order valence-corrected chi connectivity index (χ2v) is 20.9. The van der Waals surface area contributed by atoms with Gasteiger partial charge in [-0.2, -0.15) is 30.1 Å². The summed E-state index contributed by atoms with van der Waals surface area (Å²) in [6.07, 6.45) is 2.54. The van der Waals surface area contributed by atoms with E-state index < -0.39 is 6.04 Å². The number of ether oxygens (including phenoxy) is 2. The normalized spacial score (nSPS) is 14.6. The van der Waals surface area contributed by atoms with Crippen molar-refractivity contribution in [1.82, 2.24) is 40.3 Å². The van der Waals surface area contributed by atoms with Gasteiger partial charge in [-0.25, -0.2) is 0 Å². The largest absolute Gasteiger partial charge is 0.496 e. The molecule has 0 spiro atoms. The number of hydrogen-bond donors (Lipinski definition) is 7. The number of hydrogen-bond acceptors (Lipinski definition) is 18. The molecule has 1 fully saturated rings. The van der Waals surface area contributed by atoms with Gasteiger partial charge >= 0.3 is 0 Å². The highest BCUT2D eigenvalue weighted by Crippen LogP contribution is 2.38. The Morgan fingerprint density at radius 3 is 1.68 bits per heavy atom. The van der Waals surface area contributed by atoms with Gasteiger partial charge in [-0.15, -0.1) is 22.7 Å². The molecule has 7 N–H and O–H groups in total.